The molecule has 23 heavy (non-hydrogen) atoms. The molecule has 2 rings (SSSR count). The van der Waals surface area contributed by atoms with E-state index in [9.17, 15) is 8.42 Å². The van der Waals surface area contributed by atoms with Crippen LogP contribution in [0.25, 0.3) is 0 Å². The van der Waals surface area contributed by atoms with Crippen molar-refractivity contribution in [3.8, 4) is 0 Å². The van der Waals surface area contributed by atoms with Crippen molar-refractivity contribution in [3.05, 3.63) is 18.3 Å². The molecule has 0 bridgehead atoms. The van der Waals surface area contributed by atoms with Crippen molar-refractivity contribution in [3.63, 3.8) is 0 Å². The summed E-state index contributed by atoms with van der Waals surface area (Å²) in [6, 6.07) is 3.69. The van der Waals surface area contributed by atoms with E-state index >= 15 is 0 Å². The van der Waals surface area contributed by atoms with Gasteiger partial charge in [0.2, 0.25) is 10.0 Å². The zero-order valence-corrected chi connectivity index (χ0v) is 15.2. The zero-order valence-electron chi connectivity index (χ0n) is 14.4. The summed E-state index contributed by atoms with van der Waals surface area (Å²) in [6.45, 7) is 8.85. The van der Waals surface area contributed by atoms with Crippen molar-refractivity contribution in [1.82, 2.24) is 4.98 Å². The molecular formula is C16H27N3O3S. The van der Waals surface area contributed by atoms with Gasteiger partial charge in [-0.3, -0.25) is 4.31 Å². The Morgan fingerprint density at radius 2 is 1.91 bits per heavy atom. The summed E-state index contributed by atoms with van der Waals surface area (Å²) in [5.74, 6) is 1.20. The Kier molecular flexibility index (Phi) is 5.86. The van der Waals surface area contributed by atoms with Gasteiger partial charge >= 0.3 is 0 Å². The zero-order chi connectivity index (χ0) is 17.0. The van der Waals surface area contributed by atoms with Gasteiger partial charge in [0.1, 0.15) is 5.82 Å². The average Bonchev–Trinajstić information content (AvgIpc) is 2.54. The maximum absolute atomic E-state index is 12.6. The van der Waals surface area contributed by atoms with Gasteiger partial charge in [0, 0.05) is 20.1 Å². The van der Waals surface area contributed by atoms with Crippen molar-refractivity contribution in [2.24, 2.45) is 5.92 Å². The highest BCUT2D eigenvalue weighted by Crippen LogP contribution is 2.23. The van der Waals surface area contributed by atoms with E-state index in [2.05, 4.69) is 9.88 Å². The van der Waals surface area contributed by atoms with E-state index in [1.54, 1.807) is 20.2 Å². The first kappa shape index (κ1) is 18.0. The quantitative estimate of drug-likeness (QED) is 0.793. The van der Waals surface area contributed by atoms with Gasteiger partial charge in [-0.2, -0.15) is 0 Å². The molecule has 0 saturated carbocycles. The van der Waals surface area contributed by atoms with Gasteiger partial charge in [0.15, 0.2) is 0 Å². The van der Waals surface area contributed by atoms with Gasteiger partial charge in [-0.05, 0) is 31.4 Å². The molecule has 1 unspecified atom stereocenters. The number of anilines is 2. The number of morpholine rings is 1. The van der Waals surface area contributed by atoms with E-state index in [1.807, 2.05) is 26.0 Å². The third-order valence-corrected chi connectivity index (χ3v) is 6.31. The molecule has 6 nitrogen and oxygen atoms in total. The standard InChI is InChI=1S/C16H27N3O3S/c1-13(2)11-14(3)23(20,21)18(4)15-5-6-16(17-12-15)19-7-9-22-10-8-19/h5-6,12-14H,7-11H2,1-4H3. The molecule has 0 N–H and O–H groups in total. The van der Waals surface area contributed by atoms with E-state index in [1.165, 1.54) is 4.31 Å². The molecule has 1 aromatic rings. The summed E-state index contributed by atoms with van der Waals surface area (Å²) in [6.07, 6.45) is 2.27. The molecule has 0 aromatic carbocycles. The summed E-state index contributed by atoms with van der Waals surface area (Å²) in [4.78, 5) is 6.56. The molecule has 130 valence electrons. The number of aromatic nitrogens is 1. The van der Waals surface area contributed by atoms with E-state index in [0.29, 0.717) is 31.2 Å². The van der Waals surface area contributed by atoms with E-state index in [4.69, 9.17) is 4.74 Å². The average molecular weight is 341 g/mol. The van der Waals surface area contributed by atoms with Crippen LogP contribution in [0.15, 0.2) is 18.3 Å². The fourth-order valence-corrected chi connectivity index (χ4v) is 4.32. The highest BCUT2D eigenvalue weighted by Gasteiger charge is 2.27. The normalized spacial score (nSPS) is 17.3. The Hall–Kier alpha value is -1.34. The molecule has 1 saturated heterocycles. The Morgan fingerprint density at radius 1 is 1.26 bits per heavy atom. The van der Waals surface area contributed by atoms with E-state index < -0.39 is 15.3 Å². The largest absolute Gasteiger partial charge is 0.378 e. The minimum Gasteiger partial charge on any atom is -0.378 e. The van der Waals surface area contributed by atoms with Crippen LogP contribution < -0.4 is 9.21 Å². The molecule has 1 aromatic heterocycles. The monoisotopic (exact) mass is 341 g/mol. The summed E-state index contributed by atoms with van der Waals surface area (Å²) in [5.41, 5.74) is 0.595. The minimum absolute atomic E-state index is 0.343. The van der Waals surface area contributed by atoms with Gasteiger partial charge in [-0.25, -0.2) is 13.4 Å². The summed E-state index contributed by atoms with van der Waals surface area (Å²) in [7, 11) is -1.77. The Bertz CT molecular complexity index is 596. The van der Waals surface area contributed by atoms with Crippen molar-refractivity contribution >= 4 is 21.5 Å². The first-order chi connectivity index (χ1) is 10.8. The third kappa shape index (κ3) is 4.35. The number of rotatable bonds is 6. The molecule has 0 spiro atoms. The molecule has 2 heterocycles. The fourth-order valence-electron chi connectivity index (χ4n) is 2.75. The van der Waals surface area contributed by atoms with Gasteiger partial charge in [0.05, 0.1) is 30.3 Å². The molecule has 1 fully saturated rings. The number of ether oxygens (including phenoxy) is 1. The highest BCUT2D eigenvalue weighted by atomic mass is 32.2. The summed E-state index contributed by atoms with van der Waals surface area (Å²) < 4.78 is 31.9. The van der Waals surface area contributed by atoms with Crippen LogP contribution >= 0.6 is 0 Å². The van der Waals surface area contributed by atoms with Crippen LogP contribution in [0.1, 0.15) is 27.2 Å². The SMILES string of the molecule is CC(C)CC(C)S(=O)(=O)N(C)c1ccc(N2CCOCC2)nc1. The van der Waals surface area contributed by atoms with Crippen LogP contribution in [-0.4, -0.2) is 52.0 Å². The summed E-state index contributed by atoms with van der Waals surface area (Å²) in [5, 5.41) is -0.411. The van der Waals surface area contributed by atoms with Crippen LogP contribution in [0, 0.1) is 5.92 Å². The number of sulfonamides is 1. The van der Waals surface area contributed by atoms with Crippen molar-refractivity contribution < 1.29 is 13.2 Å². The Labute approximate surface area is 139 Å². The second-order valence-electron chi connectivity index (χ2n) is 6.43. The smallest absolute Gasteiger partial charge is 0.237 e. The van der Waals surface area contributed by atoms with E-state index in [0.717, 1.165) is 18.9 Å². The third-order valence-electron chi connectivity index (χ3n) is 4.12. The maximum Gasteiger partial charge on any atom is 0.237 e. The number of hydrogen-bond donors (Lipinski definition) is 0. The Balaban J connectivity index is 2.11. The van der Waals surface area contributed by atoms with Crippen molar-refractivity contribution in [2.45, 2.75) is 32.4 Å². The maximum atomic E-state index is 12.6. The molecule has 0 amide bonds. The lowest BCUT2D eigenvalue weighted by atomic mass is 10.1. The van der Waals surface area contributed by atoms with Crippen LogP contribution in [0.5, 0.6) is 0 Å². The lowest BCUT2D eigenvalue weighted by molar-refractivity contribution is 0.122. The van der Waals surface area contributed by atoms with Gasteiger partial charge in [-0.15, -0.1) is 0 Å². The first-order valence-corrected chi connectivity index (χ1v) is 9.59. The topological polar surface area (TPSA) is 62.7 Å². The highest BCUT2D eigenvalue weighted by molar-refractivity contribution is 7.93. The Morgan fingerprint density at radius 3 is 2.43 bits per heavy atom. The molecular weight excluding hydrogens is 314 g/mol. The molecule has 0 aliphatic carbocycles. The molecule has 0 radical (unpaired) electrons. The second kappa shape index (κ2) is 7.49. The second-order valence-corrected chi connectivity index (χ2v) is 8.81. The minimum atomic E-state index is -3.37. The van der Waals surface area contributed by atoms with Crippen molar-refractivity contribution in [2.75, 3.05) is 42.6 Å². The predicted octanol–water partition coefficient (Wildman–Crippen LogP) is 2.12. The molecule has 1 aliphatic rings. The fraction of sp³-hybridized carbons (Fsp3) is 0.688. The first-order valence-electron chi connectivity index (χ1n) is 8.09. The van der Waals surface area contributed by atoms with Crippen molar-refractivity contribution in [1.29, 1.82) is 0 Å². The molecule has 7 heteroatoms. The number of pyridine rings is 1. The van der Waals surface area contributed by atoms with Crippen LogP contribution in [0.4, 0.5) is 11.5 Å². The number of nitrogens with zero attached hydrogens (tertiary/aromatic N) is 3. The lowest BCUT2D eigenvalue weighted by Crippen LogP contribution is -2.37. The van der Waals surface area contributed by atoms with Crippen LogP contribution in [0.3, 0.4) is 0 Å². The van der Waals surface area contributed by atoms with Crippen LogP contribution in [-0.2, 0) is 14.8 Å². The predicted molar refractivity (Wildman–Crippen MR) is 93.5 cm³/mol. The van der Waals surface area contributed by atoms with Gasteiger partial charge in [-0.1, -0.05) is 13.8 Å². The number of hydrogen-bond acceptors (Lipinski definition) is 5. The van der Waals surface area contributed by atoms with Crippen LogP contribution in [0.2, 0.25) is 0 Å². The lowest BCUT2D eigenvalue weighted by Gasteiger charge is -2.28. The molecule has 1 atom stereocenters. The van der Waals surface area contributed by atoms with E-state index in [-0.39, 0.29) is 0 Å². The molecule has 1 aliphatic heterocycles. The van der Waals surface area contributed by atoms with Gasteiger partial charge in [0.25, 0.3) is 0 Å². The van der Waals surface area contributed by atoms with Gasteiger partial charge < -0.3 is 9.64 Å². The summed E-state index contributed by atoms with van der Waals surface area (Å²) >= 11 is 0.